The zero-order valence-electron chi connectivity index (χ0n) is 15.6. The fourth-order valence-corrected chi connectivity index (χ4v) is 6.65. The first-order valence-corrected chi connectivity index (χ1v) is 12.0. The Morgan fingerprint density at radius 1 is 1.14 bits per heavy atom. The van der Waals surface area contributed by atoms with Gasteiger partial charge < -0.3 is 9.26 Å². The van der Waals surface area contributed by atoms with Crippen LogP contribution in [0.4, 0.5) is 0 Å². The molecule has 2 aromatic heterocycles. The molecule has 0 spiro atoms. The summed E-state index contributed by atoms with van der Waals surface area (Å²) in [5.41, 5.74) is 0.846. The second kappa shape index (κ2) is 8.52. The maximum atomic E-state index is 12.7. The van der Waals surface area contributed by atoms with Gasteiger partial charge in [-0.25, -0.2) is 8.42 Å². The molecule has 11 heteroatoms. The fourth-order valence-electron chi connectivity index (χ4n) is 3.06. The second-order valence-corrected chi connectivity index (χ2v) is 11.1. The van der Waals surface area contributed by atoms with E-state index >= 15 is 0 Å². The van der Waals surface area contributed by atoms with Crippen LogP contribution in [-0.4, -0.2) is 61.1 Å². The van der Waals surface area contributed by atoms with Crippen LogP contribution in [0.1, 0.15) is 5.89 Å². The number of aromatic nitrogens is 2. The summed E-state index contributed by atoms with van der Waals surface area (Å²) in [4.78, 5) is 6.57. The molecule has 4 rings (SSSR count). The summed E-state index contributed by atoms with van der Waals surface area (Å²) in [6.07, 6.45) is 0. The molecule has 3 aromatic rings. The summed E-state index contributed by atoms with van der Waals surface area (Å²) in [7, 11) is -1.82. The van der Waals surface area contributed by atoms with Crippen LogP contribution in [0.25, 0.3) is 11.4 Å². The van der Waals surface area contributed by atoms with Crippen LogP contribution in [0.2, 0.25) is 0 Å². The van der Waals surface area contributed by atoms with E-state index in [0.29, 0.717) is 48.6 Å². The lowest BCUT2D eigenvalue weighted by Crippen LogP contribution is -2.48. The molecule has 0 aliphatic carbocycles. The quantitative estimate of drug-likeness (QED) is 0.515. The van der Waals surface area contributed by atoms with Crippen molar-refractivity contribution in [3.63, 3.8) is 0 Å². The van der Waals surface area contributed by atoms with Crippen LogP contribution < -0.4 is 4.74 Å². The highest BCUT2D eigenvalue weighted by molar-refractivity contribution is 9.11. The number of halogens is 1. The van der Waals surface area contributed by atoms with Crippen LogP contribution in [0, 0.1) is 0 Å². The Hall–Kier alpha value is -1.79. The third-order valence-corrected chi connectivity index (χ3v) is 8.64. The molecule has 0 saturated carbocycles. The largest absolute Gasteiger partial charge is 0.497 e. The number of thiophene rings is 1. The molecule has 8 nitrogen and oxygen atoms in total. The average Bonchev–Trinajstić information content (AvgIpc) is 3.38. The van der Waals surface area contributed by atoms with Gasteiger partial charge in [0.15, 0.2) is 0 Å². The summed E-state index contributed by atoms with van der Waals surface area (Å²) in [5, 5.41) is 4.04. The van der Waals surface area contributed by atoms with E-state index in [1.807, 2.05) is 24.3 Å². The van der Waals surface area contributed by atoms with Crippen molar-refractivity contribution in [2.45, 2.75) is 10.8 Å². The molecule has 0 bridgehead atoms. The van der Waals surface area contributed by atoms with E-state index < -0.39 is 10.0 Å². The molecule has 1 saturated heterocycles. The van der Waals surface area contributed by atoms with Crippen LogP contribution in [-0.2, 0) is 16.6 Å². The van der Waals surface area contributed by atoms with Gasteiger partial charge in [-0.3, -0.25) is 4.90 Å². The van der Waals surface area contributed by atoms with Gasteiger partial charge in [-0.05, 0) is 52.3 Å². The van der Waals surface area contributed by atoms with Crippen molar-refractivity contribution in [2.75, 3.05) is 33.3 Å². The highest BCUT2D eigenvalue weighted by Crippen LogP contribution is 2.29. The SMILES string of the molecule is COc1ccc(-c2noc(CN3CCN(S(=O)(=O)c4ccc(Br)s4)CC3)n2)cc1. The van der Waals surface area contributed by atoms with Gasteiger partial charge >= 0.3 is 0 Å². The molecular weight excluding hydrogens is 480 g/mol. The maximum Gasteiger partial charge on any atom is 0.252 e. The number of ether oxygens (including phenoxy) is 1. The lowest BCUT2D eigenvalue weighted by atomic mass is 10.2. The van der Waals surface area contributed by atoms with Gasteiger partial charge in [0.25, 0.3) is 10.0 Å². The summed E-state index contributed by atoms with van der Waals surface area (Å²) in [6, 6.07) is 10.8. The molecule has 0 amide bonds. The van der Waals surface area contributed by atoms with E-state index in [-0.39, 0.29) is 0 Å². The molecule has 0 unspecified atom stereocenters. The fraction of sp³-hybridized carbons (Fsp3) is 0.333. The summed E-state index contributed by atoms with van der Waals surface area (Å²) in [6.45, 7) is 2.55. The van der Waals surface area contributed by atoms with Gasteiger partial charge in [-0.1, -0.05) is 5.16 Å². The van der Waals surface area contributed by atoms with Crippen molar-refractivity contribution < 1.29 is 17.7 Å². The Balaban J connectivity index is 1.36. The maximum absolute atomic E-state index is 12.7. The first-order chi connectivity index (χ1) is 14.0. The van der Waals surface area contributed by atoms with Crippen LogP contribution in [0.5, 0.6) is 5.75 Å². The molecule has 29 heavy (non-hydrogen) atoms. The number of hydrogen-bond donors (Lipinski definition) is 0. The van der Waals surface area contributed by atoms with Crippen molar-refractivity contribution in [2.24, 2.45) is 0 Å². The standard InChI is InChI=1S/C18H19BrN4O4S2/c1-26-14-4-2-13(3-5-14)18-20-16(27-21-18)12-22-8-10-23(11-9-22)29(24,25)17-7-6-15(19)28-17/h2-7H,8-12H2,1H3. The van der Waals surface area contributed by atoms with Gasteiger partial charge in [0.05, 0.1) is 17.4 Å². The number of piperazine rings is 1. The number of nitrogens with zero attached hydrogens (tertiary/aromatic N) is 4. The minimum absolute atomic E-state index is 0.360. The Morgan fingerprint density at radius 2 is 1.86 bits per heavy atom. The molecule has 1 aliphatic heterocycles. The van der Waals surface area contributed by atoms with Gasteiger partial charge in [0, 0.05) is 31.7 Å². The Labute approximate surface area is 181 Å². The van der Waals surface area contributed by atoms with Crippen LogP contribution in [0.15, 0.2) is 48.9 Å². The number of benzene rings is 1. The summed E-state index contributed by atoms with van der Waals surface area (Å²) < 4.78 is 38.7. The topological polar surface area (TPSA) is 88.8 Å². The average molecular weight is 499 g/mol. The molecule has 0 atom stereocenters. The third-order valence-electron chi connectivity index (χ3n) is 4.65. The number of hydrogen-bond acceptors (Lipinski definition) is 8. The minimum Gasteiger partial charge on any atom is -0.497 e. The van der Waals surface area contributed by atoms with E-state index in [9.17, 15) is 8.42 Å². The molecule has 1 aromatic carbocycles. The van der Waals surface area contributed by atoms with E-state index in [0.717, 1.165) is 15.1 Å². The highest BCUT2D eigenvalue weighted by Gasteiger charge is 2.30. The molecule has 3 heterocycles. The van der Waals surface area contributed by atoms with E-state index in [2.05, 4.69) is 31.0 Å². The van der Waals surface area contributed by atoms with E-state index in [4.69, 9.17) is 9.26 Å². The Morgan fingerprint density at radius 3 is 2.48 bits per heavy atom. The van der Waals surface area contributed by atoms with Gasteiger partial charge in [-0.15, -0.1) is 11.3 Å². The molecule has 154 valence electrons. The predicted molar refractivity (Wildman–Crippen MR) is 112 cm³/mol. The van der Waals surface area contributed by atoms with Gasteiger partial charge in [0.2, 0.25) is 11.7 Å². The summed E-state index contributed by atoms with van der Waals surface area (Å²) >= 11 is 4.55. The van der Waals surface area contributed by atoms with Gasteiger partial charge in [0.1, 0.15) is 9.96 Å². The van der Waals surface area contributed by atoms with Crippen LogP contribution >= 0.6 is 27.3 Å². The number of sulfonamides is 1. The Bertz CT molecular complexity index is 1070. The first-order valence-electron chi connectivity index (χ1n) is 8.90. The normalized spacial score (nSPS) is 16.2. The Kier molecular flexibility index (Phi) is 6.02. The zero-order valence-corrected chi connectivity index (χ0v) is 18.8. The molecular formula is C18H19BrN4O4S2. The smallest absolute Gasteiger partial charge is 0.252 e. The monoisotopic (exact) mass is 498 g/mol. The molecule has 0 radical (unpaired) electrons. The highest BCUT2D eigenvalue weighted by atomic mass is 79.9. The van der Waals surface area contributed by atoms with Crippen molar-refractivity contribution >= 4 is 37.3 Å². The van der Waals surface area contributed by atoms with Crippen LogP contribution in [0.3, 0.4) is 0 Å². The third kappa shape index (κ3) is 4.53. The van der Waals surface area contributed by atoms with Crippen molar-refractivity contribution in [1.82, 2.24) is 19.3 Å². The lowest BCUT2D eigenvalue weighted by molar-refractivity contribution is 0.163. The van der Waals surface area contributed by atoms with Gasteiger partial charge in [-0.2, -0.15) is 9.29 Å². The minimum atomic E-state index is -3.44. The van der Waals surface area contributed by atoms with E-state index in [1.54, 1.807) is 19.2 Å². The second-order valence-electron chi connectivity index (χ2n) is 6.48. The zero-order chi connectivity index (χ0) is 20.4. The predicted octanol–water partition coefficient (Wildman–Crippen LogP) is 3.08. The molecule has 1 aliphatic rings. The van der Waals surface area contributed by atoms with Crippen molar-refractivity contribution in [3.8, 4) is 17.1 Å². The van der Waals surface area contributed by atoms with Crippen molar-refractivity contribution in [3.05, 3.63) is 46.1 Å². The number of rotatable bonds is 6. The van der Waals surface area contributed by atoms with Crippen molar-refractivity contribution in [1.29, 1.82) is 0 Å². The molecule has 0 N–H and O–H groups in total. The first kappa shape index (κ1) is 20.5. The molecule has 1 fully saturated rings. The summed E-state index contributed by atoms with van der Waals surface area (Å²) in [5.74, 6) is 1.79. The lowest BCUT2D eigenvalue weighted by Gasteiger charge is -2.32. The number of methoxy groups -OCH3 is 1. The van der Waals surface area contributed by atoms with E-state index in [1.165, 1.54) is 15.6 Å².